The van der Waals surface area contributed by atoms with Crippen LogP contribution in [0.4, 0.5) is 4.39 Å². The normalized spacial score (nSPS) is 11.5. The number of nitrogens with zero attached hydrogens (tertiary/aromatic N) is 4. The highest BCUT2D eigenvalue weighted by Crippen LogP contribution is 2.30. The van der Waals surface area contributed by atoms with Crippen molar-refractivity contribution in [3.05, 3.63) is 54.6 Å². The van der Waals surface area contributed by atoms with Crippen molar-refractivity contribution in [1.29, 1.82) is 0 Å². The average molecular weight is 318 g/mol. The maximum atomic E-state index is 13.1. The van der Waals surface area contributed by atoms with E-state index in [2.05, 4.69) is 15.3 Å². The van der Waals surface area contributed by atoms with Gasteiger partial charge in [0.25, 0.3) is 10.0 Å². The van der Waals surface area contributed by atoms with Gasteiger partial charge >= 0.3 is 0 Å². The predicted molar refractivity (Wildman–Crippen MR) is 78.9 cm³/mol. The Hall–Kier alpha value is -2.61. The summed E-state index contributed by atoms with van der Waals surface area (Å²) in [4.78, 5) is 3.91. The lowest BCUT2D eigenvalue weighted by Gasteiger charge is -2.06. The fraction of sp³-hybridized carbons (Fsp3) is 0.0714. The Morgan fingerprint density at radius 3 is 2.23 bits per heavy atom. The highest BCUT2D eigenvalue weighted by molar-refractivity contribution is 7.89. The minimum absolute atomic E-state index is 0.316. The van der Waals surface area contributed by atoms with Gasteiger partial charge in [0, 0.05) is 23.5 Å². The first-order chi connectivity index (χ1) is 10.5. The molecule has 0 fully saturated rings. The Bertz CT molecular complexity index is 906. The molecule has 0 saturated carbocycles. The van der Waals surface area contributed by atoms with Crippen LogP contribution in [0.25, 0.3) is 22.5 Å². The molecule has 0 aliphatic rings. The number of hydrogen-bond donors (Lipinski definition) is 0. The quantitative estimate of drug-likeness (QED) is 0.737. The molecule has 0 spiro atoms. The third kappa shape index (κ3) is 2.60. The fourth-order valence-corrected chi connectivity index (χ4v) is 2.75. The van der Waals surface area contributed by atoms with E-state index in [1.807, 2.05) is 0 Å². The van der Waals surface area contributed by atoms with Crippen molar-refractivity contribution in [2.45, 2.75) is 0 Å². The van der Waals surface area contributed by atoms with Crippen LogP contribution in [0.1, 0.15) is 0 Å². The molecule has 6 nitrogen and oxygen atoms in total. The minimum atomic E-state index is -3.63. The van der Waals surface area contributed by atoms with E-state index in [9.17, 15) is 12.8 Å². The van der Waals surface area contributed by atoms with Crippen LogP contribution in [0.3, 0.4) is 0 Å². The summed E-state index contributed by atoms with van der Waals surface area (Å²) in [6.07, 6.45) is 4.13. The van der Waals surface area contributed by atoms with Crippen LogP contribution in [0.15, 0.2) is 48.8 Å². The van der Waals surface area contributed by atoms with Crippen molar-refractivity contribution >= 4 is 10.0 Å². The van der Waals surface area contributed by atoms with Crippen LogP contribution in [0.2, 0.25) is 0 Å². The topological polar surface area (TPSA) is 77.7 Å². The Balaban J connectivity index is 2.28. The zero-order valence-corrected chi connectivity index (χ0v) is 12.3. The van der Waals surface area contributed by atoms with Crippen molar-refractivity contribution in [2.75, 3.05) is 6.26 Å². The van der Waals surface area contributed by atoms with Gasteiger partial charge in [-0.3, -0.25) is 4.98 Å². The molecule has 1 aromatic carbocycles. The van der Waals surface area contributed by atoms with Gasteiger partial charge in [0.1, 0.15) is 17.2 Å². The first-order valence-electron chi connectivity index (χ1n) is 6.29. The van der Waals surface area contributed by atoms with Crippen molar-refractivity contribution in [3.63, 3.8) is 0 Å². The molecular weight excluding hydrogens is 307 g/mol. The smallest absolute Gasteiger partial charge is 0.252 e. The monoisotopic (exact) mass is 318 g/mol. The Morgan fingerprint density at radius 1 is 1.00 bits per heavy atom. The summed E-state index contributed by atoms with van der Waals surface area (Å²) >= 11 is 0. The van der Waals surface area contributed by atoms with Crippen LogP contribution >= 0.6 is 0 Å². The number of hydrogen-bond acceptors (Lipinski definition) is 5. The number of rotatable bonds is 3. The van der Waals surface area contributed by atoms with Crippen LogP contribution in [0, 0.1) is 5.82 Å². The maximum Gasteiger partial charge on any atom is 0.252 e. The van der Waals surface area contributed by atoms with Crippen molar-refractivity contribution in [2.24, 2.45) is 0 Å². The molecule has 0 unspecified atom stereocenters. The molecule has 3 aromatic rings. The molecule has 0 bridgehead atoms. The van der Waals surface area contributed by atoms with Crippen LogP contribution < -0.4 is 0 Å². The molecular formula is C14H11FN4O2S. The second-order valence-electron chi connectivity index (χ2n) is 4.64. The summed E-state index contributed by atoms with van der Waals surface area (Å²) in [6, 6.07) is 8.93. The van der Waals surface area contributed by atoms with Gasteiger partial charge in [-0.05, 0) is 36.4 Å². The molecule has 2 heterocycles. The zero-order chi connectivity index (χ0) is 15.7. The number of pyridine rings is 1. The first-order valence-corrected chi connectivity index (χ1v) is 8.14. The Kier molecular flexibility index (Phi) is 3.45. The first kappa shape index (κ1) is 14.3. The zero-order valence-electron chi connectivity index (χ0n) is 11.5. The van der Waals surface area contributed by atoms with E-state index in [1.54, 1.807) is 24.5 Å². The molecule has 3 rings (SSSR count). The van der Waals surface area contributed by atoms with Crippen LogP contribution in [-0.4, -0.2) is 34.1 Å². The van der Waals surface area contributed by atoms with Gasteiger partial charge in [-0.25, -0.2) is 12.8 Å². The van der Waals surface area contributed by atoms with Crippen LogP contribution in [-0.2, 0) is 10.0 Å². The molecule has 0 atom stereocenters. The van der Waals surface area contributed by atoms with Gasteiger partial charge in [-0.15, -0.1) is 9.19 Å². The number of aromatic nitrogens is 4. The standard InChI is InChI=1S/C14H11FN4O2S/c1-22(20,21)19-14(11-6-8-16-9-7-11)13(17-18-19)10-2-4-12(15)5-3-10/h2-9H,1H3. The van der Waals surface area contributed by atoms with E-state index in [0.717, 1.165) is 10.3 Å². The summed E-state index contributed by atoms with van der Waals surface area (Å²) in [7, 11) is -3.63. The summed E-state index contributed by atoms with van der Waals surface area (Å²) < 4.78 is 37.8. The minimum Gasteiger partial charge on any atom is -0.265 e. The largest absolute Gasteiger partial charge is 0.265 e. The fourth-order valence-electron chi connectivity index (χ4n) is 2.06. The van der Waals surface area contributed by atoms with Gasteiger partial charge < -0.3 is 0 Å². The molecule has 8 heteroatoms. The lowest BCUT2D eigenvalue weighted by atomic mass is 10.1. The van der Waals surface area contributed by atoms with E-state index in [1.165, 1.54) is 24.3 Å². The molecule has 2 aromatic heterocycles. The summed E-state index contributed by atoms with van der Waals surface area (Å²) in [6.45, 7) is 0. The summed E-state index contributed by atoms with van der Waals surface area (Å²) in [5, 5.41) is 7.68. The highest BCUT2D eigenvalue weighted by Gasteiger charge is 2.21. The lowest BCUT2D eigenvalue weighted by molar-refractivity contribution is 0.584. The van der Waals surface area contributed by atoms with E-state index in [-0.39, 0.29) is 5.82 Å². The van der Waals surface area contributed by atoms with E-state index in [4.69, 9.17) is 0 Å². The highest BCUT2D eigenvalue weighted by atomic mass is 32.2. The van der Waals surface area contributed by atoms with Gasteiger partial charge in [-0.1, -0.05) is 5.21 Å². The molecule has 0 saturated heterocycles. The predicted octanol–water partition coefficient (Wildman–Crippen LogP) is 1.95. The SMILES string of the molecule is CS(=O)(=O)n1nnc(-c2ccc(F)cc2)c1-c1ccncc1. The van der Waals surface area contributed by atoms with Crippen molar-refractivity contribution < 1.29 is 12.8 Å². The Morgan fingerprint density at radius 2 is 1.64 bits per heavy atom. The molecule has 0 amide bonds. The lowest BCUT2D eigenvalue weighted by Crippen LogP contribution is -2.13. The molecule has 22 heavy (non-hydrogen) atoms. The second-order valence-corrected chi connectivity index (χ2v) is 6.45. The van der Waals surface area contributed by atoms with Crippen molar-refractivity contribution in [3.8, 4) is 22.5 Å². The summed E-state index contributed by atoms with van der Waals surface area (Å²) in [5.41, 5.74) is 1.85. The van der Waals surface area contributed by atoms with Gasteiger partial charge in [0.15, 0.2) is 0 Å². The van der Waals surface area contributed by atoms with E-state index in [0.29, 0.717) is 22.5 Å². The molecule has 0 N–H and O–H groups in total. The third-order valence-corrected chi connectivity index (χ3v) is 3.91. The summed E-state index contributed by atoms with van der Waals surface area (Å²) in [5.74, 6) is -0.385. The van der Waals surface area contributed by atoms with Gasteiger partial charge in [-0.2, -0.15) is 0 Å². The number of benzene rings is 1. The molecule has 112 valence electrons. The average Bonchev–Trinajstić information content (AvgIpc) is 2.94. The van der Waals surface area contributed by atoms with Gasteiger partial charge in [0.2, 0.25) is 0 Å². The van der Waals surface area contributed by atoms with E-state index < -0.39 is 10.0 Å². The van der Waals surface area contributed by atoms with E-state index >= 15 is 0 Å². The maximum absolute atomic E-state index is 13.1. The third-order valence-electron chi connectivity index (χ3n) is 3.03. The Labute approximate surface area is 126 Å². The van der Waals surface area contributed by atoms with Crippen molar-refractivity contribution in [1.82, 2.24) is 19.4 Å². The van der Waals surface area contributed by atoms with Gasteiger partial charge in [0.05, 0.1) is 6.26 Å². The number of halogens is 1. The van der Waals surface area contributed by atoms with Crippen LogP contribution in [0.5, 0.6) is 0 Å². The molecule has 0 radical (unpaired) electrons. The second kappa shape index (κ2) is 5.30. The molecule has 0 aliphatic carbocycles. The molecule has 0 aliphatic heterocycles.